The number of rotatable bonds is 3. The zero-order chi connectivity index (χ0) is 15.4. The van der Waals surface area contributed by atoms with Crippen LogP contribution in [0.4, 0.5) is 0 Å². The first-order valence-electron chi connectivity index (χ1n) is 7.61. The molecule has 0 aromatic heterocycles. The van der Waals surface area contributed by atoms with Gasteiger partial charge in [0.2, 0.25) is 0 Å². The molecular formula is C17H22Cl3N. The molecule has 0 aliphatic heterocycles. The van der Waals surface area contributed by atoms with Crippen molar-refractivity contribution >= 4 is 34.8 Å². The van der Waals surface area contributed by atoms with Crippen molar-refractivity contribution in [1.29, 1.82) is 0 Å². The van der Waals surface area contributed by atoms with Crippen molar-refractivity contribution in [2.24, 2.45) is 16.7 Å². The van der Waals surface area contributed by atoms with Gasteiger partial charge >= 0.3 is 0 Å². The monoisotopic (exact) mass is 345 g/mol. The summed E-state index contributed by atoms with van der Waals surface area (Å²) in [6, 6.07) is 4.06. The Morgan fingerprint density at radius 3 is 2.43 bits per heavy atom. The number of hydrogen-bond donors (Lipinski definition) is 1. The lowest BCUT2D eigenvalue weighted by Crippen LogP contribution is -2.50. The first-order chi connectivity index (χ1) is 9.75. The second-order valence-electron chi connectivity index (χ2n) is 7.55. The Hall–Kier alpha value is 0.0500. The van der Waals surface area contributed by atoms with Gasteiger partial charge < -0.3 is 5.32 Å². The number of fused-ring (bicyclic) bond motifs is 2. The van der Waals surface area contributed by atoms with E-state index in [1.165, 1.54) is 19.3 Å². The Balaban J connectivity index is 1.81. The third-order valence-corrected chi connectivity index (χ3v) is 7.09. The third-order valence-electron chi connectivity index (χ3n) is 5.89. The smallest absolute Gasteiger partial charge is 0.0652 e. The lowest BCUT2D eigenvalue weighted by molar-refractivity contribution is 0.108. The molecular weight excluding hydrogens is 325 g/mol. The maximum absolute atomic E-state index is 6.31. The lowest BCUT2D eigenvalue weighted by atomic mass is 9.68. The topological polar surface area (TPSA) is 12.0 Å². The summed E-state index contributed by atoms with van der Waals surface area (Å²) >= 11 is 18.7. The molecule has 1 aromatic rings. The molecule has 2 aliphatic carbocycles. The van der Waals surface area contributed by atoms with Gasteiger partial charge in [0, 0.05) is 23.2 Å². The minimum atomic E-state index is 0.324. The second-order valence-corrected chi connectivity index (χ2v) is 8.74. The first-order valence-corrected chi connectivity index (χ1v) is 8.75. The average Bonchev–Trinajstić information content (AvgIpc) is 2.88. The van der Waals surface area contributed by atoms with Crippen LogP contribution >= 0.6 is 34.8 Å². The quantitative estimate of drug-likeness (QED) is 0.667. The molecule has 0 amide bonds. The highest BCUT2D eigenvalue weighted by molar-refractivity contribution is 6.44. The van der Waals surface area contributed by atoms with Crippen molar-refractivity contribution in [3.63, 3.8) is 0 Å². The Labute approximate surface area is 142 Å². The summed E-state index contributed by atoms with van der Waals surface area (Å²) in [6.07, 6.45) is 4.00. The van der Waals surface area contributed by atoms with E-state index in [0.29, 0.717) is 38.5 Å². The van der Waals surface area contributed by atoms with Gasteiger partial charge in [-0.15, -0.1) is 0 Å². The SMILES string of the molecule is CC12CCC(C1)C(C)(C)C2NCc1c(Cl)ccc(Cl)c1Cl. The number of halogens is 3. The van der Waals surface area contributed by atoms with Gasteiger partial charge in [-0.1, -0.05) is 55.6 Å². The fraction of sp³-hybridized carbons (Fsp3) is 0.647. The summed E-state index contributed by atoms with van der Waals surface area (Å²) in [5.41, 5.74) is 1.63. The van der Waals surface area contributed by atoms with E-state index in [0.717, 1.165) is 11.5 Å². The molecule has 4 heteroatoms. The van der Waals surface area contributed by atoms with Crippen molar-refractivity contribution in [2.75, 3.05) is 0 Å². The molecule has 0 heterocycles. The molecule has 1 nitrogen and oxygen atoms in total. The predicted molar refractivity (Wildman–Crippen MR) is 91.3 cm³/mol. The van der Waals surface area contributed by atoms with Crippen LogP contribution in [0.15, 0.2) is 12.1 Å². The van der Waals surface area contributed by atoms with E-state index in [4.69, 9.17) is 34.8 Å². The third kappa shape index (κ3) is 2.51. The van der Waals surface area contributed by atoms with Crippen LogP contribution in [0.25, 0.3) is 0 Å². The van der Waals surface area contributed by atoms with Gasteiger partial charge in [0.1, 0.15) is 0 Å². The summed E-state index contributed by atoms with van der Waals surface area (Å²) in [6.45, 7) is 7.87. The fourth-order valence-electron chi connectivity index (χ4n) is 4.75. The van der Waals surface area contributed by atoms with Gasteiger partial charge in [-0.2, -0.15) is 0 Å². The Morgan fingerprint density at radius 1 is 1.14 bits per heavy atom. The molecule has 2 bridgehead atoms. The molecule has 3 atom stereocenters. The molecule has 21 heavy (non-hydrogen) atoms. The second kappa shape index (κ2) is 5.30. The van der Waals surface area contributed by atoms with Crippen LogP contribution in [-0.2, 0) is 6.54 Å². The summed E-state index contributed by atoms with van der Waals surface area (Å²) in [5, 5.41) is 5.56. The summed E-state index contributed by atoms with van der Waals surface area (Å²) < 4.78 is 0. The molecule has 2 fully saturated rings. The van der Waals surface area contributed by atoms with E-state index >= 15 is 0 Å². The van der Waals surface area contributed by atoms with Gasteiger partial charge in [0.15, 0.2) is 0 Å². The Kier molecular flexibility index (Phi) is 4.02. The van der Waals surface area contributed by atoms with Crippen molar-refractivity contribution < 1.29 is 0 Å². The van der Waals surface area contributed by atoms with Crippen molar-refractivity contribution in [2.45, 2.75) is 52.6 Å². The van der Waals surface area contributed by atoms with E-state index in [1.54, 1.807) is 6.07 Å². The average molecular weight is 347 g/mol. The zero-order valence-electron chi connectivity index (χ0n) is 12.8. The molecule has 2 aliphatic rings. The molecule has 116 valence electrons. The lowest BCUT2D eigenvalue weighted by Gasteiger charge is -2.43. The highest BCUT2D eigenvalue weighted by Gasteiger charge is 2.58. The molecule has 0 radical (unpaired) electrons. The maximum Gasteiger partial charge on any atom is 0.0652 e. The number of hydrogen-bond acceptors (Lipinski definition) is 1. The van der Waals surface area contributed by atoms with Crippen LogP contribution < -0.4 is 5.32 Å². The van der Waals surface area contributed by atoms with E-state index in [2.05, 4.69) is 26.1 Å². The number of benzene rings is 1. The molecule has 0 spiro atoms. The molecule has 1 aromatic carbocycles. The van der Waals surface area contributed by atoms with Gasteiger partial charge in [-0.05, 0) is 48.1 Å². The van der Waals surface area contributed by atoms with Gasteiger partial charge in [0.05, 0.1) is 10.0 Å². The fourth-order valence-corrected chi connectivity index (χ4v) is 5.43. The van der Waals surface area contributed by atoms with Gasteiger partial charge in [-0.3, -0.25) is 0 Å². The van der Waals surface area contributed by atoms with Gasteiger partial charge in [0.25, 0.3) is 0 Å². The van der Waals surface area contributed by atoms with Crippen molar-refractivity contribution in [3.05, 3.63) is 32.8 Å². The van der Waals surface area contributed by atoms with Gasteiger partial charge in [-0.25, -0.2) is 0 Å². The van der Waals surface area contributed by atoms with Crippen LogP contribution in [0.1, 0.15) is 45.6 Å². The molecule has 1 N–H and O–H groups in total. The highest BCUT2D eigenvalue weighted by Crippen LogP contribution is 2.62. The minimum absolute atomic E-state index is 0.324. The van der Waals surface area contributed by atoms with E-state index in [1.807, 2.05) is 6.07 Å². The first kappa shape index (κ1) is 15.9. The summed E-state index contributed by atoms with van der Waals surface area (Å²) in [5.74, 6) is 0.824. The summed E-state index contributed by atoms with van der Waals surface area (Å²) in [7, 11) is 0. The molecule has 3 unspecified atom stereocenters. The van der Waals surface area contributed by atoms with E-state index in [9.17, 15) is 0 Å². The van der Waals surface area contributed by atoms with Crippen molar-refractivity contribution in [1.82, 2.24) is 5.32 Å². The molecule has 2 saturated carbocycles. The van der Waals surface area contributed by atoms with Crippen LogP contribution in [0, 0.1) is 16.7 Å². The van der Waals surface area contributed by atoms with E-state index < -0.39 is 0 Å². The molecule has 3 rings (SSSR count). The highest BCUT2D eigenvalue weighted by atomic mass is 35.5. The largest absolute Gasteiger partial charge is 0.309 e. The van der Waals surface area contributed by atoms with Crippen LogP contribution in [-0.4, -0.2) is 6.04 Å². The van der Waals surface area contributed by atoms with Crippen LogP contribution in [0.2, 0.25) is 15.1 Å². The van der Waals surface area contributed by atoms with Crippen LogP contribution in [0.3, 0.4) is 0 Å². The summed E-state index contributed by atoms with van der Waals surface area (Å²) in [4.78, 5) is 0. The Bertz CT molecular complexity index is 565. The normalized spacial score (nSPS) is 33.6. The Morgan fingerprint density at radius 2 is 1.81 bits per heavy atom. The molecule has 0 saturated heterocycles. The van der Waals surface area contributed by atoms with E-state index in [-0.39, 0.29) is 0 Å². The minimum Gasteiger partial charge on any atom is -0.309 e. The van der Waals surface area contributed by atoms with Crippen molar-refractivity contribution in [3.8, 4) is 0 Å². The zero-order valence-corrected chi connectivity index (χ0v) is 15.0. The number of nitrogens with one attached hydrogen (secondary N) is 1. The maximum atomic E-state index is 6.31. The van der Waals surface area contributed by atoms with Crippen LogP contribution in [0.5, 0.6) is 0 Å². The standard InChI is InChI=1S/C17H22Cl3N/c1-16(2)10-6-7-17(3,8-10)15(16)21-9-11-12(18)4-5-13(19)14(11)20/h4-5,10,15,21H,6-9H2,1-3H3. The predicted octanol–water partition coefficient (Wildman–Crippen LogP) is 5.95.